The van der Waals surface area contributed by atoms with Gasteiger partial charge in [0, 0.05) is 24.7 Å². The fourth-order valence-corrected chi connectivity index (χ4v) is 1.86. The average Bonchev–Trinajstić information content (AvgIpc) is 2.37. The Labute approximate surface area is 103 Å². The first kappa shape index (κ1) is 12.3. The molecule has 1 heterocycles. The molecule has 1 aliphatic rings. The van der Waals surface area contributed by atoms with Crippen molar-refractivity contribution in [3.63, 3.8) is 0 Å². The third-order valence-corrected chi connectivity index (χ3v) is 2.81. The standard InChI is InChI=1S/C11H13N3O4/c1-7(5-12)13-9-4-8(14(16)17)2-3-10(9)18-6-11(13)15/h2-4,7H,5-6,12H2,1H3. The highest BCUT2D eigenvalue weighted by atomic mass is 16.6. The molecule has 7 nitrogen and oxygen atoms in total. The summed E-state index contributed by atoms with van der Waals surface area (Å²) >= 11 is 0. The van der Waals surface area contributed by atoms with Gasteiger partial charge in [0.1, 0.15) is 5.75 Å². The average molecular weight is 251 g/mol. The quantitative estimate of drug-likeness (QED) is 0.628. The van der Waals surface area contributed by atoms with Gasteiger partial charge < -0.3 is 15.4 Å². The van der Waals surface area contributed by atoms with E-state index in [0.717, 1.165) is 0 Å². The van der Waals surface area contributed by atoms with Gasteiger partial charge in [0.2, 0.25) is 0 Å². The van der Waals surface area contributed by atoms with Gasteiger partial charge >= 0.3 is 0 Å². The maximum atomic E-state index is 11.8. The summed E-state index contributed by atoms with van der Waals surface area (Å²) in [5, 5.41) is 10.8. The molecule has 2 rings (SSSR count). The lowest BCUT2D eigenvalue weighted by molar-refractivity contribution is -0.384. The van der Waals surface area contributed by atoms with Gasteiger partial charge in [-0.05, 0) is 13.0 Å². The number of anilines is 1. The molecule has 0 aliphatic carbocycles. The van der Waals surface area contributed by atoms with E-state index in [0.29, 0.717) is 11.4 Å². The summed E-state index contributed by atoms with van der Waals surface area (Å²) in [6, 6.07) is 3.94. The fraction of sp³-hybridized carbons (Fsp3) is 0.364. The van der Waals surface area contributed by atoms with Gasteiger partial charge in [0.05, 0.1) is 10.6 Å². The van der Waals surface area contributed by atoms with Gasteiger partial charge in [-0.1, -0.05) is 0 Å². The number of amides is 1. The Hall–Kier alpha value is -2.15. The molecular weight excluding hydrogens is 238 g/mol. The van der Waals surface area contributed by atoms with Crippen LogP contribution in [0.3, 0.4) is 0 Å². The van der Waals surface area contributed by atoms with Crippen molar-refractivity contribution in [3.8, 4) is 5.75 Å². The van der Waals surface area contributed by atoms with Crippen molar-refractivity contribution in [3.05, 3.63) is 28.3 Å². The SMILES string of the molecule is CC(CN)N1C(=O)COc2ccc([N+](=O)[O-])cc21. The van der Waals surface area contributed by atoms with E-state index in [9.17, 15) is 14.9 Å². The van der Waals surface area contributed by atoms with Gasteiger partial charge in [0.15, 0.2) is 6.61 Å². The summed E-state index contributed by atoms with van der Waals surface area (Å²) in [6.07, 6.45) is 0. The van der Waals surface area contributed by atoms with Crippen LogP contribution in [-0.2, 0) is 4.79 Å². The molecule has 0 fully saturated rings. The monoisotopic (exact) mass is 251 g/mol. The lowest BCUT2D eigenvalue weighted by Gasteiger charge is -2.33. The van der Waals surface area contributed by atoms with Crippen LogP contribution in [0.5, 0.6) is 5.75 Å². The molecule has 1 amide bonds. The third-order valence-electron chi connectivity index (χ3n) is 2.81. The number of nitrogens with two attached hydrogens (primary N) is 1. The van der Waals surface area contributed by atoms with Crippen molar-refractivity contribution in [2.45, 2.75) is 13.0 Å². The molecule has 1 atom stereocenters. The lowest BCUT2D eigenvalue weighted by atomic mass is 10.1. The molecule has 1 aromatic rings. The minimum Gasteiger partial charge on any atom is -0.482 e. The highest BCUT2D eigenvalue weighted by Gasteiger charge is 2.30. The molecule has 0 aromatic heterocycles. The first-order valence-corrected chi connectivity index (χ1v) is 5.48. The van der Waals surface area contributed by atoms with Crippen molar-refractivity contribution in [1.29, 1.82) is 0 Å². The van der Waals surface area contributed by atoms with E-state index >= 15 is 0 Å². The second kappa shape index (κ2) is 4.61. The maximum absolute atomic E-state index is 11.8. The van der Waals surface area contributed by atoms with Gasteiger partial charge in [-0.25, -0.2) is 0 Å². The first-order valence-electron chi connectivity index (χ1n) is 5.48. The number of hydrogen-bond donors (Lipinski definition) is 1. The molecule has 0 spiro atoms. The second-order valence-electron chi connectivity index (χ2n) is 4.05. The van der Waals surface area contributed by atoms with Gasteiger partial charge in [-0.3, -0.25) is 14.9 Å². The highest BCUT2D eigenvalue weighted by molar-refractivity contribution is 5.98. The molecule has 0 radical (unpaired) electrons. The number of rotatable bonds is 3. The van der Waals surface area contributed by atoms with Crippen molar-refractivity contribution in [2.75, 3.05) is 18.1 Å². The topological polar surface area (TPSA) is 98.7 Å². The fourth-order valence-electron chi connectivity index (χ4n) is 1.86. The Bertz CT molecular complexity index is 503. The number of nitrogens with zero attached hydrogens (tertiary/aromatic N) is 2. The minimum absolute atomic E-state index is 0.0743. The zero-order valence-electron chi connectivity index (χ0n) is 9.83. The summed E-state index contributed by atoms with van der Waals surface area (Å²) in [5.41, 5.74) is 5.87. The van der Waals surface area contributed by atoms with Crippen molar-refractivity contribution in [1.82, 2.24) is 0 Å². The molecule has 0 saturated carbocycles. The summed E-state index contributed by atoms with van der Waals surface area (Å²) in [7, 11) is 0. The molecule has 1 aliphatic heterocycles. The van der Waals surface area contributed by atoms with Gasteiger partial charge in [0.25, 0.3) is 11.6 Å². The lowest BCUT2D eigenvalue weighted by Crippen LogP contribution is -2.47. The molecule has 1 aromatic carbocycles. The number of hydrogen-bond acceptors (Lipinski definition) is 5. The van der Waals surface area contributed by atoms with Crippen LogP contribution in [0.4, 0.5) is 11.4 Å². The Kier molecular flexibility index (Phi) is 3.15. The number of benzene rings is 1. The number of non-ortho nitro benzene ring substituents is 1. The van der Waals surface area contributed by atoms with E-state index < -0.39 is 4.92 Å². The minimum atomic E-state index is -0.509. The normalized spacial score (nSPS) is 15.9. The summed E-state index contributed by atoms with van der Waals surface area (Å²) in [6.45, 7) is 1.98. The zero-order chi connectivity index (χ0) is 13.3. The smallest absolute Gasteiger partial charge is 0.271 e. The number of fused-ring (bicyclic) bond motifs is 1. The van der Waals surface area contributed by atoms with E-state index in [2.05, 4.69) is 0 Å². The summed E-state index contributed by atoms with van der Waals surface area (Å²) < 4.78 is 5.24. The van der Waals surface area contributed by atoms with Crippen LogP contribution in [0.25, 0.3) is 0 Å². The van der Waals surface area contributed by atoms with Crippen LogP contribution >= 0.6 is 0 Å². The number of ether oxygens (including phenoxy) is 1. The predicted molar refractivity (Wildman–Crippen MR) is 64.6 cm³/mol. The summed E-state index contributed by atoms with van der Waals surface area (Å²) in [5.74, 6) is 0.210. The molecule has 1 unspecified atom stereocenters. The van der Waals surface area contributed by atoms with Crippen molar-refractivity contribution < 1.29 is 14.5 Å². The van der Waals surface area contributed by atoms with Crippen molar-refractivity contribution in [2.24, 2.45) is 5.73 Å². The van der Waals surface area contributed by atoms with Gasteiger partial charge in [-0.15, -0.1) is 0 Å². The van der Waals surface area contributed by atoms with E-state index in [1.807, 2.05) is 0 Å². The molecule has 18 heavy (non-hydrogen) atoms. The Morgan fingerprint density at radius 2 is 2.33 bits per heavy atom. The largest absolute Gasteiger partial charge is 0.482 e. The molecular formula is C11H13N3O4. The first-order chi connectivity index (χ1) is 8.54. The van der Waals surface area contributed by atoms with E-state index in [4.69, 9.17) is 10.5 Å². The van der Waals surface area contributed by atoms with Crippen molar-refractivity contribution >= 4 is 17.3 Å². The highest BCUT2D eigenvalue weighted by Crippen LogP contribution is 2.36. The maximum Gasteiger partial charge on any atom is 0.271 e. The van der Waals surface area contributed by atoms with Gasteiger partial charge in [-0.2, -0.15) is 0 Å². The number of carbonyl (C=O) groups excluding carboxylic acids is 1. The second-order valence-corrected chi connectivity index (χ2v) is 4.05. The Morgan fingerprint density at radius 3 is 2.94 bits per heavy atom. The van der Waals surface area contributed by atoms with Crippen LogP contribution in [-0.4, -0.2) is 30.0 Å². The van der Waals surface area contributed by atoms with Crippen LogP contribution in [0.15, 0.2) is 18.2 Å². The predicted octanol–water partition coefficient (Wildman–Crippen LogP) is 0.667. The van der Waals surface area contributed by atoms with Crippen LogP contribution in [0.1, 0.15) is 6.92 Å². The Balaban J connectivity index is 2.49. The van der Waals surface area contributed by atoms with E-state index in [-0.39, 0.29) is 30.8 Å². The third kappa shape index (κ3) is 2.00. The van der Waals surface area contributed by atoms with Crippen LogP contribution < -0.4 is 15.4 Å². The van der Waals surface area contributed by atoms with Crippen LogP contribution in [0.2, 0.25) is 0 Å². The number of carbonyl (C=O) groups is 1. The van der Waals surface area contributed by atoms with Crippen LogP contribution in [0, 0.1) is 10.1 Å². The number of nitro benzene ring substituents is 1. The molecule has 0 saturated heterocycles. The molecule has 2 N–H and O–H groups in total. The number of nitro groups is 1. The van der Waals surface area contributed by atoms with E-state index in [1.165, 1.54) is 23.1 Å². The molecule has 0 bridgehead atoms. The summed E-state index contributed by atoms with van der Waals surface area (Å²) in [4.78, 5) is 23.5. The zero-order valence-corrected chi connectivity index (χ0v) is 9.83. The molecule has 7 heteroatoms. The Morgan fingerprint density at radius 1 is 1.61 bits per heavy atom. The molecule has 96 valence electrons. The van der Waals surface area contributed by atoms with E-state index in [1.54, 1.807) is 6.92 Å².